The van der Waals surface area contributed by atoms with Crippen LogP contribution in [-0.2, 0) is 18.2 Å². The Morgan fingerprint density at radius 3 is 2.59 bits per heavy atom. The largest absolute Gasteiger partial charge is 0.493 e. The molecule has 1 N–H and O–H groups in total. The molecule has 228 valence electrons. The average molecular weight is 613 g/mol. The summed E-state index contributed by atoms with van der Waals surface area (Å²) in [5.74, 6) is 3.38. The maximum atomic E-state index is 13.3. The van der Waals surface area contributed by atoms with Gasteiger partial charge in [0.05, 0.1) is 38.0 Å². The Balaban J connectivity index is 1.15. The molecule has 9 nitrogen and oxygen atoms in total. The van der Waals surface area contributed by atoms with Gasteiger partial charge in [-0.05, 0) is 35.7 Å². The van der Waals surface area contributed by atoms with Crippen LogP contribution in [0.1, 0.15) is 17.8 Å². The molecule has 1 fully saturated rings. The van der Waals surface area contributed by atoms with Crippen molar-refractivity contribution in [3.05, 3.63) is 94.8 Å². The quantitative estimate of drug-likeness (QED) is 0.167. The number of nitrogens with zero attached hydrogens (tertiary/aromatic N) is 3. The van der Waals surface area contributed by atoms with Crippen molar-refractivity contribution in [1.82, 2.24) is 19.4 Å². The fourth-order valence-corrected chi connectivity index (χ4v) is 5.74. The van der Waals surface area contributed by atoms with Crippen molar-refractivity contribution in [2.45, 2.75) is 12.8 Å². The molecular formula is C34H37N4O5P. The summed E-state index contributed by atoms with van der Waals surface area (Å²) in [7, 11) is 6.12. The molecule has 2 aromatic heterocycles. The standard InChI is InChI=1S/C34H37N4O5P/c1-37-33(17-23-7-4-3-5-8-23)36-21-26(34(37)39)24-9-10-28(32(44)18-24)43-31-22-35-27-20-30(29(40-2)19-25(27)31)42-14-6-11-38-12-15-41-16-13-38/h3-5,7-10,18-22,35H,6,11-17,44H2,1-2H3. The van der Waals surface area contributed by atoms with E-state index in [0.29, 0.717) is 47.4 Å². The zero-order valence-electron chi connectivity index (χ0n) is 25.0. The van der Waals surface area contributed by atoms with Crippen LogP contribution in [0.4, 0.5) is 0 Å². The zero-order chi connectivity index (χ0) is 30.5. The Bertz CT molecular complexity index is 1800. The number of H-pyrrole nitrogens is 1. The van der Waals surface area contributed by atoms with Gasteiger partial charge in [-0.15, -0.1) is 9.24 Å². The van der Waals surface area contributed by atoms with Gasteiger partial charge < -0.3 is 23.9 Å². The van der Waals surface area contributed by atoms with Crippen molar-refractivity contribution in [1.29, 1.82) is 0 Å². The Hall–Kier alpha value is -4.17. The Morgan fingerprint density at radius 1 is 1.00 bits per heavy atom. The molecule has 10 heteroatoms. The Morgan fingerprint density at radius 2 is 1.82 bits per heavy atom. The monoisotopic (exact) mass is 612 g/mol. The Labute approximate surface area is 258 Å². The van der Waals surface area contributed by atoms with Crippen LogP contribution in [0.25, 0.3) is 22.0 Å². The lowest BCUT2D eigenvalue weighted by atomic mass is 10.1. The van der Waals surface area contributed by atoms with Gasteiger partial charge in [0.2, 0.25) is 0 Å². The number of methoxy groups -OCH3 is 1. The first-order chi connectivity index (χ1) is 21.5. The molecule has 0 amide bonds. The average Bonchev–Trinajstić information content (AvgIpc) is 3.44. The zero-order valence-corrected chi connectivity index (χ0v) is 26.2. The number of benzene rings is 3. The summed E-state index contributed by atoms with van der Waals surface area (Å²) in [5, 5.41) is 1.70. The summed E-state index contributed by atoms with van der Waals surface area (Å²) >= 11 is 0. The smallest absolute Gasteiger partial charge is 0.261 e. The van der Waals surface area contributed by atoms with E-state index in [1.807, 2.05) is 66.9 Å². The summed E-state index contributed by atoms with van der Waals surface area (Å²) in [5.41, 5.74) is 3.21. The first-order valence-electron chi connectivity index (χ1n) is 14.8. The topological polar surface area (TPSA) is 90.8 Å². The number of hydrogen-bond acceptors (Lipinski definition) is 7. The van der Waals surface area contributed by atoms with E-state index >= 15 is 0 Å². The molecule has 6 rings (SSSR count). The van der Waals surface area contributed by atoms with E-state index < -0.39 is 0 Å². The molecule has 1 atom stereocenters. The van der Waals surface area contributed by atoms with Gasteiger partial charge in [0.25, 0.3) is 5.56 Å². The minimum absolute atomic E-state index is 0.0909. The van der Waals surface area contributed by atoms with Gasteiger partial charge in [-0.3, -0.25) is 14.3 Å². The van der Waals surface area contributed by atoms with Gasteiger partial charge >= 0.3 is 0 Å². The van der Waals surface area contributed by atoms with Crippen LogP contribution in [0.5, 0.6) is 23.0 Å². The number of aromatic amines is 1. The Kier molecular flexibility index (Phi) is 9.26. The number of fused-ring (bicyclic) bond motifs is 1. The highest BCUT2D eigenvalue weighted by Crippen LogP contribution is 2.38. The molecule has 0 saturated carbocycles. The summed E-state index contributed by atoms with van der Waals surface area (Å²) in [6.45, 7) is 5.12. The normalized spacial score (nSPS) is 13.7. The molecule has 0 radical (unpaired) electrons. The van der Waals surface area contributed by atoms with Crippen LogP contribution >= 0.6 is 9.24 Å². The van der Waals surface area contributed by atoms with Gasteiger partial charge in [-0.2, -0.15) is 0 Å². The predicted octanol–water partition coefficient (Wildman–Crippen LogP) is 4.92. The highest BCUT2D eigenvalue weighted by Gasteiger charge is 2.16. The van der Waals surface area contributed by atoms with Crippen LogP contribution in [-0.4, -0.2) is 66.0 Å². The molecule has 5 aromatic rings. The fraction of sp³-hybridized carbons (Fsp3) is 0.294. The second kappa shape index (κ2) is 13.6. The third-order valence-corrected chi connectivity index (χ3v) is 8.37. The summed E-state index contributed by atoms with van der Waals surface area (Å²) in [6, 6.07) is 19.6. The second-order valence-electron chi connectivity index (χ2n) is 10.8. The second-order valence-corrected chi connectivity index (χ2v) is 11.4. The first kappa shape index (κ1) is 29.9. The maximum Gasteiger partial charge on any atom is 0.261 e. The first-order valence-corrected chi connectivity index (χ1v) is 15.4. The van der Waals surface area contributed by atoms with Crippen LogP contribution in [0.2, 0.25) is 0 Å². The van der Waals surface area contributed by atoms with Crippen LogP contribution in [0, 0.1) is 0 Å². The SMILES string of the molecule is COc1cc2c(Oc3ccc(-c4cnc(Cc5ccccc5)n(C)c4=O)cc3P)c[nH]c2cc1OCCCN1CCOCC1. The van der Waals surface area contributed by atoms with E-state index in [0.717, 1.165) is 66.6 Å². The lowest BCUT2D eigenvalue weighted by molar-refractivity contribution is 0.0357. The molecule has 0 spiro atoms. The van der Waals surface area contributed by atoms with Crippen molar-refractivity contribution in [2.24, 2.45) is 7.05 Å². The van der Waals surface area contributed by atoms with Gasteiger partial charge in [0, 0.05) is 62.3 Å². The number of morpholine rings is 1. The van der Waals surface area contributed by atoms with Crippen molar-refractivity contribution in [3.63, 3.8) is 0 Å². The fourth-order valence-electron chi connectivity index (χ4n) is 5.40. The number of nitrogens with one attached hydrogen (secondary N) is 1. The molecule has 0 aliphatic carbocycles. The van der Waals surface area contributed by atoms with Crippen LogP contribution in [0.15, 0.2) is 77.9 Å². The van der Waals surface area contributed by atoms with Gasteiger partial charge in [-0.1, -0.05) is 36.4 Å². The van der Waals surface area contributed by atoms with E-state index in [4.69, 9.17) is 18.9 Å². The third kappa shape index (κ3) is 6.65. The molecule has 1 aliphatic rings. The lowest BCUT2D eigenvalue weighted by Gasteiger charge is -2.26. The molecule has 0 bridgehead atoms. The molecule has 3 aromatic carbocycles. The van der Waals surface area contributed by atoms with E-state index in [2.05, 4.69) is 24.1 Å². The van der Waals surface area contributed by atoms with Gasteiger partial charge in [0.1, 0.15) is 11.6 Å². The lowest BCUT2D eigenvalue weighted by Crippen LogP contribution is -2.37. The van der Waals surface area contributed by atoms with E-state index in [9.17, 15) is 4.79 Å². The molecular weight excluding hydrogens is 575 g/mol. The minimum atomic E-state index is -0.0909. The summed E-state index contributed by atoms with van der Waals surface area (Å²) < 4.78 is 25.1. The van der Waals surface area contributed by atoms with Gasteiger partial charge in [0.15, 0.2) is 17.2 Å². The van der Waals surface area contributed by atoms with Crippen LogP contribution < -0.4 is 25.1 Å². The third-order valence-electron chi connectivity index (χ3n) is 7.92. The van der Waals surface area contributed by atoms with Crippen LogP contribution in [0.3, 0.4) is 0 Å². The molecule has 44 heavy (non-hydrogen) atoms. The number of aromatic nitrogens is 3. The maximum absolute atomic E-state index is 13.3. The predicted molar refractivity (Wildman–Crippen MR) is 176 cm³/mol. The molecule has 3 heterocycles. The van der Waals surface area contributed by atoms with Crippen molar-refractivity contribution in [3.8, 4) is 34.1 Å². The van der Waals surface area contributed by atoms with Gasteiger partial charge in [-0.25, -0.2) is 4.98 Å². The van der Waals surface area contributed by atoms with E-state index in [1.54, 1.807) is 24.9 Å². The minimum Gasteiger partial charge on any atom is -0.493 e. The summed E-state index contributed by atoms with van der Waals surface area (Å²) in [6.07, 6.45) is 5.00. The number of hydrogen-bond donors (Lipinski definition) is 1. The molecule has 1 saturated heterocycles. The van der Waals surface area contributed by atoms with E-state index in [1.165, 1.54) is 0 Å². The summed E-state index contributed by atoms with van der Waals surface area (Å²) in [4.78, 5) is 23.6. The molecule has 1 unspecified atom stereocenters. The highest BCUT2D eigenvalue weighted by molar-refractivity contribution is 7.27. The highest BCUT2D eigenvalue weighted by atomic mass is 31.0. The number of rotatable bonds is 11. The van der Waals surface area contributed by atoms with E-state index in [-0.39, 0.29) is 5.56 Å². The van der Waals surface area contributed by atoms with Crippen molar-refractivity contribution in [2.75, 3.05) is 46.6 Å². The van der Waals surface area contributed by atoms with Crippen molar-refractivity contribution >= 4 is 25.4 Å². The van der Waals surface area contributed by atoms with Crippen molar-refractivity contribution < 1.29 is 18.9 Å². The molecule has 1 aliphatic heterocycles. The number of ether oxygens (including phenoxy) is 4.